The van der Waals surface area contributed by atoms with E-state index in [9.17, 15) is 23.8 Å². The van der Waals surface area contributed by atoms with Gasteiger partial charge in [-0.25, -0.2) is 4.57 Å². The van der Waals surface area contributed by atoms with E-state index in [0.29, 0.717) is 19.3 Å². The molecule has 1 unspecified atom stereocenters. The molecule has 316 valence electrons. The van der Waals surface area contributed by atoms with Gasteiger partial charge in [0, 0.05) is 12.8 Å². The average molecular weight is 804 g/mol. The lowest BCUT2D eigenvalue weighted by Gasteiger charge is -2.20. The number of nitrogens with two attached hydrogens (primary N) is 1. The van der Waals surface area contributed by atoms with Gasteiger partial charge in [0.15, 0.2) is 6.10 Å². The first-order valence-electron chi connectivity index (χ1n) is 20.3. The molecule has 56 heavy (non-hydrogen) atoms. The second kappa shape index (κ2) is 38.3. The summed E-state index contributed by atoms with van der Waals surface area (Å²) >= 11 is 0. The zero-order chi connectivity index (χ0) is 41.4. The molecule has 12 heteroatoms. The number of rotatable bonds is 36. The van der Waals surface area contributed by atoms with Gasteiger partial charge in [0.2, 0.25) is 0 Å². The Morgan fingerprint density at radius 2 is 1.09 bits per heavy atom. The van der Waals surface area contributed by atoms with Crippen LogP contribution in [0.2, 0.25) is 0 Å². The van der Waals surface area contributed by atoms with Crippen LogP contribution in [0.1, 0.15) is 129 Å². The number of aliphatic carboxylic acids is 1. The number of hydrogen-bond donors (Lipinski definition) is 3. The molecule has 4 N–H and O–H groups in total. The maximum atomic E-state index is 12.6. The zero-order valence-electron chi connectivity index (χ0n) is 33.9. The number of phosphoric ester groups is 1. The topological polar surface area (TPSA) is 172 Å². The Morgan fingerprint density at radius 1 is 0.589 bits per heavy atom. The van der Waals surface area contributed by atoms with E-state index < -0.39 is 57.7 Å². The first-order valence-corrected chi connectivity index (χ1v) is 21.8. The van der Waals surface area contributed by atoms with Gasteiger partial charge in [0.25, 0.3) is 0 Å². The molecule has 0 amide bonds. The summed E-state index contributed by atoms with van der Waals surface area (Å²) in [7, 11) is -4.74. The Balaban J connectivity index is 4.57. The molecule has 0 rings (SSSR count). The van der Waals surface area contributed by atoms with Crippen molar-refractivity contribution in [3.63, 3.8) is 0 Å². The quantitative estimate of drug-likeness (QED) is 0.0181. The minimum absolute atomic E-state index is 0.117. The van der Waals surface area contributed by atoms with E-state index in [0.717, 1.165) is 64.2 Å². The highest BCUT2D eigenvalue weighted by Crippen LogP contribution is 2.43. The lowest BCUT2D eigenvalue weighted by atomic mass is 10.1. The Bertz CT molecular complexity index is 1310. The van der Waals surface area contributed by atoms with E-state index in [1.807, 2.05) is 48.6 Å². The number of ether oxygens (including phenoxy) is 2. The summed E-state index contributed by atoms with van der Waals surface area (Å²) in [4.78, 5) is 45.8. The van der Waals surface area contributed by atoms with Crippen molar-refractivity contribution < 1.29 is 47.5 Å². The van der Waals surface area contributed by atoms with Crippen LogP contribution in [0, 0.1) is 0 Å². The molecule has 0 heterocycles. The van der Waals surface area contributed by atoms with Gasteiger partial charge in [-0.1, -0.05) is 143 Å². The monoisotopic (exact) mass is 803 g/mol. The van der Waals surface area contributed by atoms with Crippen LogP contribution >= 0.6 is 7.82 Å². The van der Waals surface area contributed by atoms with Crippen molar-refractivity contribution in [3.05, 3.63) is 97.2 Å². The number of unbranched alkanes of at least 4 members (excludes halogenated alkanes) is 9. The van der Waals surface area contributed by atoms with E-state index in [1.165, 1.54) is 19.3 Å². The minimum atomic E-state index is -4.74. The van der Waals surface area contributed by atoms with Crippen LogP contribution in [0.25, 0.3) is 0 Å². The molecule has 0 saturated heterocycles. The first-order chi connectivity index (χ1) is 27.1. The van der Waals surface area contributed by atoms with Crippen LogP contribution in [0.4, 0.5) is 0 Å². The molecule has 11 nitrogen and oxygen atoms in total. The molecular formula is C44H70NO10P. The summed E-state index contributed by atoms with van der Waals surface area (Å²) < 4.78 is 32.5. The van der Waals surface area contributed by atoms with Crippen molar-refractivity contribution in [2.75, 3.05) is 19.8 Å². The second-order valence-electron chi connectivity index (χ2n) is 13.1. The standard InChI is InChI=1S/C44H70NO10P/c1-3-5-7-9-11-13-15-17-19-20-22-23-25-27-29-31-33-35-42(46)52-37-40(38-53-56(50,51)54-39-41(45)44(48)49)55-43(47)36-34-32-30-28-26-24-21-18-16-14-12-10-8-6-4-2/h6,8,10-14,16-19,21-23,27,29,40-41H,3-5,7,9,15,20,24-26,28,30-39,45H2,1-2H3,(H,48,49)(H,50,51)/b8-6+,12-10+,13-11+,16-14+,19-17+,21-18+,23-22+,29-27+/t40-,41+/m1/s1. The van der Waals surface area contributed by atoms with Crippen molar-refractivity contribution >= 4 is 25.7 Å². The van der Waals surface area contributed by atoms with E-state index in [2.05, 4.69) is 67.0 Å². The molecule has 0 fully saturated rings. The molecule has 0 aromatic rings. The van der Waals surface area contributed by atoms with Crippen molar-refractivity contribution in [1.82, 2.24) is 0 Å². The van der Waals surface area contributed by atoms with Crippen LogP contribution < -0.4 is 5.73 Å². The van der Waals surface area contributed by atoms with Crippen LogP contribution in [0.15, 0.2) is 97.2 Å². The number of carbonyl (C=O) groups is 3. The van der Waals surface area contributed by atoms with Gasteiger partial charge >= 0.3 is 25.7 Å². The third kappa shape index (κ3) is 37.3. The van der Waals surface area contributed by atoms with Gasteiger partial charge in [0.1, 0.15) is 12.6 Å². The third-order valence-corrected chi connectivity index (χ3v) is 8.86. The summed E-state index contributed by atoms with van der Waals surface area (Å²) in [5.41, 5.74) is 5.32. The van der Waals surface area contributed by atoms with Gasteiger partial charge < -0.3 is 25.2 Å². The van der Waals surface area contributed by atoms with Crippen LogP contribution in [0.3, 0.4) is 0 Å². The predicted molar refractivity (Wildman–Crippen MR) is 226 cm³/mol. The van der Waals surface area contributed by atoms with Crippen molar-refractivity contribution in [3.8, 4) is 0 Å². The number of allylic oxidation sites excluding steroid dienone is 16. The molecule has 0 aliphatic heterocycles. The summed E-state index contributed by atoms with van der Waals surface area (Å²) in [6.07, 6.45) is 47.6. The fraction of sp³-hybridized carbons (Fsp3) is 0.568. The fourth-order valence-corrected chi connectivity index (χ4v) is 5.49. The van der Waals surface area contributed by atoms with Gasteiger partial charge in [-0.2, -0.15) is 0 Å². The molecule has 0 spiro atoms. The number of carboxylic acids is 1. The van der Waals surface area contributed by atoms with Crippen molar-refractivity contribution in [2.45, 2.75) is 142 Å². The van der Waals surface area contributed by atoms with Gasteiger partial charge in [-0.15, -0.1) is 0 Å². The third-order valence-electron chi connectivity index (χ3n) is 7.91. The minimum Gasteiger partial charge on any atom is -0.480 e. The molecule has 0 aliphatic rings. The number of carbonyl (C=O) groups excluding carboxylic acids is 2. The molecule has 0 aromatic heterocycles. The maximum absolute atomic E-state index is 12.6. The zero-order valence-corrected chi connectivity index (χ0v) is 34.8. The van der Waals surface area contributed by atoms with Crippen molar-refractivity contribution in [2.24, 2.45) is 5.73 Å². The Hall–Kier alpha value is -3.60. The molecule has 3 atom stereocenters. The van der Waals surface area contributed by atoms with Gasteiger partial charge in [0.05, 0.1) is 13.2 Å². The van der Waals surface area contributed by atoms with Crippen LogP contribution in [-0.4, -0.2) is 59.9 Å². The molecular weight excluding hydrogens is 733 g/mol. The average Bonchev–Trinajstić information content (AvgIpc) is 3.17. The highest BCUT2D eigenvalue weighted by Gasteiger charge is 2.28. The summed E-state index contributed by atoms with van der Waals surface area (Å²) in [6.45, 7) is 2.52. The molecule has 0 aliphatic carbocycles. The highest BCUT2D eigenvalue weighted by molar-refractivity contribution is 7.47. The Kier molecular flexibility index (Phi) is 35.8. The Morgan fingerprint density at radius 3 is 1.71 bits per heavy atom. The fourth-order valence-electron chi connectivity index (χ4n) is 4.71. The summed E-state index contributed by atoms with van der Waals surface area (Å²) in [6, 6.07) is -1.54. The van der Waals surface area contributed by atoms with E-state index in [-0.39, 0.29) is 12.8 Å². The number of phosphoric acid groups is 1. The lowest BCUT2D eigenvalue weighted by molar-refractivity contribution is -0.161. The van der Waals surface area contributed by atoms with Crippen LogP contribution in [0.5, 0.6) is 0 Å². The van der Waals surface area contributed by atoms with Gasteiger partial charge in [-0.05, 0) is 70.6 Å². The molecule has 0 aromatic carbocycles. The van der Waals surface area contributed by atoms with E-state index in [1.54, 1.807) is 0 Å². The number of esters is 2. The van der Waals surface area contributed by atoms with Crippen LogP contribution in [-0.2, 0) is 37.5 Å². The van der Waals surface area contributed by atoms with E-state index in [4.69, 9.17) is 24.8 Å². The number of carboxylic acid groups (broad SMARTS) is 1. The molecule has 0 bridgehead atoms. The number of hydrogen-bond acceptors (Lipinski definition) is 9. The first kappa shape index (κ1) is 52.4. The summed E-state index contributed by atoms with van der Waals surface area (Å²) in [5.74, 6) is -2.50. The predicted octanol–water partition coefficient (Wildman–Crippen LogP) is 10.5. The normalized spacial score (nSPS) is 14.8. The lowest BCUT2D eigenvalue weighted by Crippen LogP contribution is -2.34. The van der Waals surface area contributed by atoms with Crippen molar-refractivity contribution in [1.29, 1.82) is 0 Å². The Labute approximate surface area is 336 Å². The highest BCUT2D eigenvalue weighted by atomic mass is 31.2. The maximum Gasteiger partial charge on any atom is 0.472 e. The molecule has 0 radical (unpaired) electrons. The second-order valence-corrected chi connectivity index (χ2v) is 14.6. The van der Waals surface area contributed by atoms with E-state index >= 15 is 0 Å². The smallest absolute Gasteiger partial charge is 0.472 e. The SMILES string of the molecule is CC/C=C/C=C/C=C/C=C/CCCCCCCC(=O)O[C@H](COC(=O)CCC/C=C/C/C=C/C/C=C/C/C=C/CCCCC)COP(=O)(O)OC[C@H](N)C(=O)O. The molecule has 0 saturated carbocycles. The van der Waals surface area contributed by atoms with Gasteiger partial charge in [-0.3, -0.25) is 23.4 Å². The largest absolute Gasteiger partial charge is 0.480 e. The summed E-state index contributed by atoms with van der Waals surface area (Å²) in [5, 5.41) is 8.87.